The van der Waals surface area contributed by atoms with E-state index in [0.717, 1.165) is 12.8 Å². The Bertz CT molecular complexity index is 790. The maximum atomic E-state index is 13.0. The summed E-state index contributed by atoms with van der Waals surface area (Å²) in [4.78, 5) is 39.9. The number of aliphatic carboxylic acids is 1. The molecule has 4 rings (SSSR count). The summed E-state index contributed by atoms with van der Waals surface area (Å²) >= 11 is 0. The van der Waals surface area contributed by atoms with Gasteiger partial charge in [-0.25, -0.2) is 4.79 Å². The van der Waals surface area contributed by atoms with Crippen molar-refractivity contribution in [3.63, 3.8) is 0 Å². The van der Waals surface area contributed by atoms with E-state index in [1.54, 1.807) is 23.1 Å². The molecule has 2 amide bonds. The van der Waals surface area contributed by atoms with Crippen molar-refractivity contribution >= 4 is 23.5 Å². The molecule has 0 bridgehead atoms. The van der Waals surface area contributed by atoms with Gasteiger partial charge in [0, 0.05) is 30.8 Å². The number of amides is 2. The minimum absolute atomic E-state index is 0.0259. The average Bonchev–Trinajstić information content (AvgIpc) is 3.42. The number of anilines is 1. The number of rotatable bonds is 5. The summed E-state index contributed by atoms with van der Waals surface area (Å²) in [7, 11) is 0. The first kappa shape index (κ1) is 17.6. The van der Waals surface area contributed by atoms with Gasteiger partial charge in [0.15, 0.2) is 11.5 Å². The van der Waals surface area contributed by atoms with Crippen LogP contribution in [0, 0.1) is 5.92 Å². The Morgan fingerprint density at radius 2 is 1.93 bits per heavy atom. The molecule has 144 valence electrons. The molecule has 3 aliphatic rings. The molecule has 2 unspecified atom stereocenters. The number of ether oxygens (including phenoxy) is 2. The van der Waals surface area contributed by atoms with E-state index in [2.05, 4.69) is 0 Å². The van der Waals surface area contributed by atoms with Gasteiger partial charge in [-0.1, -0.05) is 0 Å². The summed E-state index contributed by atoms with van der Waals surface area (Å²) < 4.78 is 11.1. The van der Waals surface area contributed by atoms with Gasteiger partial charge in [-0.05, 0) is 31.9 Å². The van der Waals surface area contributed by atoms with Gasteiger partial charge in [-0.15, -0.1) is 0 Å². The van der Waals surface area contributed by atoms with Crippen molar-refractivity contribution in [2.24, 2.45) is 5.92 Å². The third-order valence-corrected chi connectivity index (χ3v) is 5.28. The van der Waals surface area contributed by atoms with Crippen molar-refractivity contribution < 1.29 is 29.0 Å². The second-order valence-electron chi connectivity index (χ2n) is 7.22. The Balaban J connectivity index is 1.51. The van der Waals surface area contributed by atoms with E-state index in [-0.39, 0.29) is 30.8 Å². The van der Waals surface area contributed by atoms with Gasteiger partial charge in [-0.2, -0.15) is 0 Å². The van der Waals surface area contributed by atoms with E-state index in [1.165, 1.54) is 11.8 Å². The fourth-order valence-electron chi connectivity index (χ4n) is 3.69. The Kier molecular flexibility index (Phi) is 4.41. The number of fused-ring (bicyclic) bond motifs is 1. The predicted octanol–water partition coefficient (Wildman–Crippen LogP) is 1.27. The first-order chi connectivity index (χ1) is 13.0. The van der Waals surface area contributed by atoms with E-state index >= 15 is 0 Å². The number of benzene rings is 1. The van der Waals surface area contributed by atoms with Crippen molar-refractivity contribution in [2.45, 2.75) is 38.3 Å². The van der Waals surface area contributed by atoms with E-state index in [9.17, 15) is 19.5 Å². The number of nitrogens with zero attached hydrogens (tertiary/aromatic N) is 2. The van der Waals surface area contributed by atoms with Crippen molar-refractivity contribution in [3.05, 3.63) is 18.2 Å². The van der Waals surface area contributed by atoms with Crippen LogP contribution >= 0.6 is 0 Å². The van der Waals surface area contributed by atoms with Gasteiger partial charge in [0.1, 0.15) is 19.3 Å². The van der Waals surface area contributed by atoms with Gasteiger partial charge >= 0.3 is 5.97 Å². The number of carboxylic acid groups (broad SMARTS) is 1. The first-order valence-corrected chi connectivity index (χ1v) is 9.20. The molecule has 2 heterocycles. The Morgan fingerprint density at radius 3 is 2.59 bits per heavy atom. The molecule has 1 aliphatic carbocycles. The molecule has 8 nitrogen and oxygen atoms in total. The maximum Gasteiger partial charge on any atom is 0.326 e. The molecule has 8 heteroatoms. The van der Waals surface area contributed by atoms with Gasteiger partial charge in [-0.3, -0.25) is 9.59 Å². The van der Waals surface area contributed by atoms with Crippen LogP contribution in [-0.4, -0.2) is 59.6 Å². The van der Waals surface area contributed by atoms with Crippen LogP contribution in [0.1, 0.15) is 26.2 Å². The standard InChI is InChI=1S/C19H22N2O6/c1-11(19(24)25)21(13-2-3-13)18(23)12-8-17(22)20(10-12)14-4-5-15-16(9-14)27-7-6-26-15/h4-5,9,11-13H,2-3,6-8,10H2,1H3,(H,24,25). The van der Waals surface area contributed by atoms with Crippen LogP contribution in [0.25, 0.3) is 0 Å². The fourth-order valence-corrected chi connectivity index (χ4v) is 3.69. The SMILES string of the molecule is CC(C(=O)O)N(C(=O)C1CC(=O)N(c2ccc3c(c2)OCCO3)C1)C1CC1. The predicted molar refractivity (Wildman–Crippen MR) is 94.9 cm³/mol. The second-order valence-corrected chi connectivity index (χ2v) is 7.22. The lowest BCUT2D eigenvalue weighted by Gasteiger charge is -2.29. The smallest absolute Gasteiger partial charge is 0.326 e. The highest BCUT2D eigenvalue weighted by Crippen LogP contribution is 2.37. The summed E-state index contributed by atoms with van der Waals surface area (Å²) in [6, 6.07) is 4.37. The second kappa shape index (κ2) is 6.75. The average molecular weight is 374 g/mol. The Morgan fingerprint density at radius 1 is 1.22 bits per heavy atom. The molecule has 0 spiro atoms. The van der Waals surface area contributed by atoms with Gasteiger partial charge in [0.05, 0.1) is 5.92 Å². The first-order valence-electron chi connectivity index (χ1n) is 9.20. The molecule has 0 radical (unpaired) electrons. The quantitative estimate of drug-likeness (QED) is 0.834. The molecule has 2 aliphatic heterocycles. The van der Waals surface area contributed by atoms with Gasteiger partial charge < -0.3 is 24.4 Å². The zero-order valence-corrected chi connectivity index (χ0v) is 15.1. The number of carbonyl (C=O) groups is 3. The van der Waals surface area contributed by atoms with E-state index in [4.69, 9.17) is 9.47 Å². The molecule has 0 aromatic heterocycles. The highest BCUT2D eigenvalue weighted by Gasteiger charge is 2.44. The molecule has 2 fully saturated rings. The molecule has 1 saturated heterocycles. The van der Waals surface area contributed by atoms with Crippen LogP contribution in [0.3, 0.4) is 0 Å². The summed E-state index contributed by atoms with van der Waals surface area (Å²) in [5.74, 6) is -0.735. The van der Waals surface area contributed by atoms with E-state index in [0.29, 0.717) is 30.4 Å². The molecular formula is C19H22N2O6. The minimum atomic E-state index is -1.02. The van der Waals surface area contributed by atoms with Crippen LogP contribution in [0.15, 0.2) is 18.2 Å². The summed E-state index contributed by atoms with van der Waals surface area (Å²) in [6.07, 6.45) is 1.72. The van der Waals surface area contributed by atoms with E-state index in [1.807, 2.05) is 0 Å². The minimum Gasteiger partial charge on any atom is -0.486 e. The third kappa shape index (κ3) is 3.31. The van der Waals surface area contributed by atoms with Crippen LogP contribution in [0.2, 0.25) is 0 Å². The lowest BCUT2D eigenvalue weighted by molar-refractivity contribution is -0.151. The largest absolute Gasteiger partial charge is 0.486 e. The van der Waals surface area contributed by atoms with Gasteiger partial charge in [0.2, 0.25) is 11.8 Å². The number of carboxylic acids is 1. The lowest BCUT2D eigenvalue weighted by Crippen LogP contribution is -2.47. The number of hydrogen-bond acceptors (Lipinski definition) is 5. The molecule has 1 aromatic rings. The number of hydrogen-bond donors (Lipinski definition) is 1. The highest BCUT2D eigenvalue weighted by atomic mass is 16.6. The summed E-state index contributed by atoms with van der Waals surface area (Å²) in [5, 5.41) is 9.32. The van der Waals surface area contributed by atoms with Crippen molar-refractivity contribution in [2.75, 3.05) is 24.7 Å². The molecule has 1 aromatic carbocycles. The van der Waals surface area contributed by atoms with Gasteiger partial charge in [0.25, 0.3) is 0 Å². The topological polar surface area (TPSA) is 96.4 Å². The van der Waals surface area contributed by atoms with Crippen molar-refractivity contribution in [3.8, 4) is 11.5 Å². The zero-order valence-electron chi connectivity index (χ0n) is 15.1. The Hall–Kier alpha value is -2.77. The molecule has 1 N–H and O–H groups in total. The summed E-state index contributed by atoms with van der Waals surface area (Å²) in [6.45, 7) is 2.71. The Labute approximate surface area is 156 Å². The fraction of sp³-hybridized carbons (Fsp3) is 0.526. The molecule has 1 saturated carbocycles. The van der Waals surface area contributed by atoms with Crippen LogP contribution in [-0.2, 0) is 14.4 Å². The molecule has 2 atom stereocenters. The van der Waals surface area contributed by atoms with E-state index < -0.39 is 17.9 Å². The maximum absolute atomic E-state index is 13.0. The van der Waals surface area contributed by atoms with Crippen LogP contribution in [0.4, 0.5) is 5.69 Å². The zero-order chi connectivity index (χ0) is 19.1. The normalized spacial score (nSPS) is 22.5. The van der Waals surface area contributed by atoms with Crippen LogP contribution < -0.4 is 14.4 Å². The number of carbonyl (C=O) groups excluding carboxylic acids is 2. The third-order valence-electron chi connectivity index (χ3n) is 5.28. The summed E-state index contributed by atoms with van der Waals surface area (Å²) in [5.41, 5.74) is 0.656. The van der Waals surface area contributed by atoms with Crippen LogP contribution in [0.5, 0.6) is 11.5 Å². The lowest BCUT2D eigenvalue weighted by atomic mass is 10.1. The molecule has 27 heavy (non-hydrogen) atoms. The highest BCUT2D eigenvalue weighted by molar-refractivity contribution is 6.01. The van der Waals surface area contributed by atoms with Crippen molar-refractivity contribution in [1.82, 2.24) is 4.90 Å². The monoisotopic (exact) mass is 374 g/mol. The molecular weight excluding hydrogens is 352 g/mol. The van der Waals surface area contributed by atoms with Crippen molar-refractivity contribution in [1.29, 1.82) is 0 Å².